The van der Waals surface area contributed by atoms with Crippen LogP contribution in [0.3, 0.4) is 0 Å². The first-order valence-corrected chi connectivity index (χ1v) is 5.30. The predicted octanol–water partition coefficient (Wildman–Crippen LogP) is 2.74. The van der Waals surface area contributed by atoms with E-state index in [-0.39, 0.29) is 6.09 Å². The molecule has 1 aliphatic rings. The summed E-state index contributed by atoms with van der Waals surface area (Å²) in [7, 11) is 0. The SMILES string of the molecule is CC(C)(C)OC(=O)N1C=Cc2cc[nH]c2C1. The lowest BCUT2D eigenvalue weighted by molar-refractivity contribution is 0.0321. The van der Waals surface area contributed by atoms with E-state index in [4.69, 9.17) is 4.74 Å². The summed E-state index contributed by atoms with van der Waals surface area (Å²) in [6.45, 7) is 6.11. The summed E-state index contributed by atoms with van der Waals surface area (Å²) >= 11 is 0. The number of amides is 1. The molecular weight excluding hydrogens is 204 g/mol. The number of nitrogens with one attached hydrogen (secondary N) is 1. The number of carbonyl (C=O) groups excluding carboxylic acids is 1. The molecule has 2 heterocycles. The van der Waals surface area contributed by atoms with E-state index in [1.807, 2.05) is 39.1 Å². The zero-order chi connectivity index (χ0) is 11.8. The molecule has 0 atom stereocenters. The molecular formula is C12H16N2O2. The molecule has 0 unspecified atom stereocenters. The van der Waals surface area contributed by atoms with Crippen LogP contribution in [0.25, 0.3) is 6.08 Å². The number of hydrogen-bond acceptors (Lipinski definition) is 2. The number of aromatic nitrogens is 1. The van der Waals surface area contributed by atoms with Crippen LogP contribution in [0.15, 0.2) is 18.5 Å². The Hall–Kier alpha value is -1.71. The maximum Gasteiger partial charge on any atom is 0.414 e. The van der Waals surface area contributed by atoms with Crippen molar-refractivity contribution in [3.8, 4) is 0 Å². The molecule has 1 aliphatic heterocycles. The van der Waals surface area contributed by atoms with E-state index in [2.05, 4.69) is 4.98 Å². The molecule has 16 heavy (non-hydrogen) atoms. The fourth-order valence-electron chi connectivity index (χ4n) is 1.55. The molecule has 1 aromatic heterocycles. The van der Waals surface area contributed by atoms with E-state index < -0.39 is 5.60 Å². The van der Waals surface area contributed by atoms with E-state index in [1.54, 1.807) is 11.1 Å². The van der Waals surface area contributed by atoms with Crippen molar-refractivity contribution >= 4 is 12.2 Å². The van der Waals surface area contributed by atoms with Crippen molar-refractivity contribution in [1.82, 2.24) is 9.88 Å². The Labute approximate surface area is 94.9 Å². The number of ether oxygens (including phenoxy) is 1. The highest BCUT2D eigenvalue weighted by molar-refractivity contribution is 5.72. The zero-order valence-electron chi connectivity index (χ0n) is 9.78. The molecule has 0 bridgehead atoms. The molecule has 0 aromatic carbocycles. The van der Waals surface area contributed by atoms with Gasteiger partial charge in [-0.05, 0) is 38.5 Å². The Morgan fingerprint density at radius 3 is 2.94 bits per heavy atom. The summed E-state index contributed by atoms with van der Waals surface area (Å²) in [4.78, 5) is 16.4. The monoisotopic (exact) mass is 220 g/mol. The van der Waals surface area contributed by atoms with Gasteiger partial charge in [0.15, 0.2) is 0 Å². The van der Waals surface area contributed by atoms with Crippen molar-refractivity contribution in [3.05, 3.63) is 29.7 Å². The van der Waals surface area contributed by atoms with Gasteiger partial charge in [-0.25, -0.2) is 4.79 Å². The highest BCUT2D eigenvalue weighted by Gasteiger charge is 2.23. The smallest absolute Gasteiger partial charge is 0.414 e. The summed E-state index contributed by atoms with van der Waals surface area (Å²) in [6, 6.07) is 1.98. The molecule has 1 aromatic rings. The minimum absolute atomic E-state index is 0.316. The number of hydrogen-bond donors (Lipinski definition) is 1. The second kappa shape index (κ2) is 3.70. The maximum atomic E-state index is 11.8. The van der Waals surface area contributed by atoms with Gasteiger partial charge in [-0.15, -0.1) is 0 Å². The van der Waals surface area contributed by atoms with Crippen molar-refractivity contribution in [1.29, 1.82) is 0 Å². The van der Waals surface area contributed by atoms with Crippen LogP contribution in [0.1, 0.15) is 32.0 Å². The third kappa shape index (κ3) is 2.27. The Morgan fingerprint density at radius 2 is 2.25 bits per heavy atom. The molecule has 1 amide bonds. The van der Waals surface area contributed by atoms with Gasteiger partial charge in [0.2, 0.25) is 0 Å². The zero-order valence-corrected chi connectivity index (χ0v) is 9.78. The topological polar surface area (TPSA) is 45.3 Å². The molecule has 0 spiro atoms. The number of fused-ring (bicyclic) bond motifs is 1. The second-order valence-electron chi connectivity index (χ2n) is 4.84. The molecule has 4 heteroatoms. The van der Waals surface area contributed by atoms with Crippen LogP contribution in [0.5, 0.6) is 0 Å². The van der Waals surface area contributed by atoms with E-state index in [0.717, 1.165) is 11.3 Å². The summed E-state index contributed by atoms with van der Waals surface area (Å²) in [5.41, 5.74) is 1.70. The highest BCUT2D eigenvalue weighted by atomic mass is 16.6. The molecule has 0 fully saturated rings. The minimum Gasteiger partial charge on any atom is -0.443 e. The maximum absolute atomic E-state index is 11.8. The predicted molar refractivity (Wildman–Crippen MR) is 61.6 cm³/mol. The molecule has 0 saturated carbocycles. The Bertz CT molecular complexity index is 426. The van der Waals surface area contributed by atoms with Crippen LogP contribution >= 0.6 is 0 Å². The van der Waals surface area contributed by atoms with Gasteiger partial charge >= 0.3 is 6.09 Å². The minimum atomic E-state index is -0.457. The van der Waals surface area contributed by atoms with Gasteiger partial charge in [0.05, 0.1) is 6.54 Å². The third-order valence-electron chi connectivity index (χ3n) is 2.26. The molecule has 0 aliphatic carbocycles. The molecule has 2 rings (SSSR count). The van der Waals surface area contributed by atoms with Gasteiger partial charge in [-0.1, -0.05) is 0 Å². The Kier molecular flexibility index (Phi) is 2.50. The van der Waals surface area contributed by atoms with Crippen molar-refractivity contribution in [2.75, 3.05) is 0 Å². The molecule has 0 radical (unpaired) electrons. The standard InChI is InChI=1S/C12H16N2O2/c1-12(2,3)16-11(15)14-7-5-9-4-6-13-10(9)8-14/h4-7,13H,8H2,1-3H3. The lowest BCUT2D eigenvalue weighted by atomic mass is 10.2. The van der Waals surface area contributed by atoms with Gasteiger partial charge in [0.25, 0.3) is 0 Å². The number of nitrogens with zero attached hydrogens (tertiary/aromatic N) is 1. The van der Waals surface area contributed by atoms with Gasteiger partial charge in [0.1, 0.15) is 5.60 Å². The Balaban J connectivity index is 2.06. The van der Waals surface area contributed by atoms with E-state index in [1.165, 1.54) is 0 Å². The molecule has 1 N–H and O–H groups in total. The first-order chi connectivity index (χ1) is 7.46. The van der Waals surface area contributed by atoms with Crippen molar-refractivity contribution in [2.24, 2.45) is 0 Å². The summed E-state index contributed by atoms with van der Waals surface area (Å²) < 4.78 is 5.29. The fourth-order valence-corrected chi connectivity index (χ4v) is 1.55. The second-order valence-corrected chi connectivity index (χ2v) is 4.84. The molecule has 86 valence electrons. The van der Waals surface area contributed by atoms with E-state index in [0.29, 0.717) is 6.54 Å². The van der Waals surface area contributed by atoms with Gasteiger partial charge in [0, 0.05) is 18.1 Å². The fraction of sp³-hybridized carbons (Fsp3) is 0.417. The molecule has 4 nitrogen and oxygen atoms in total. The number of carbonyl (C=O) groups is 1. The lowest BCUT2D eigenvalue weighted by Crippen LogP contribution is -2.34. The van der Waals surface area contributed by atoms with Crippen LogP contribution in [0, 0.1) is 0 Å². The number of aromatic amines is 1. The quantitative estimate of drug-likeness (QED) is 0.730. The molecule has 0 saturated heterocycles. The highest BCUT2D eigenvalue weighted by Crippen LogP contribution is 2.20. The summed E-state index contributed by atoms with van der Waals surface area (Å²) in [5.74, 6) is 0. The first kappa shape index (κ1) is 10.8. The summed E-state index contributed by atoms with van der Waals surface area (Å²) in [5, 5.41) is 0. The number of H-pyrrole nitrogens is 1. The van der Waals surface area contributed by atoms with Gasteiger partial charge in [-0.3, -0.25) is 4.90 Å². The van der Waals surface area contributed by atoms with Gasteiger partial charge < -0.3 is 9.72 Å². The Morgan fingerprint density at radius 1 is 1.50 bits per heavy atom. The van der Waals surface area contributed by atoms with Crippen LogP contribution in [-0.2, 0) is 11.3 Å². The van der Waals surface area contributed by atoms with Crippen LogP contribution in [0.4, 0.5) is 4.79 Å². The first-order valence-electron chi connectivity index (χ1n) is 5.30. The van der Waals surface area contributed by atoms with Crippen LogP contribution in [0.2, 0.25) is 0 Å². The third-order valence-corrected chi connectivity index (χ3v) is 2.26. The van der Waals surface area contributed by atoms with Crippen molar-refractivity contribution < 1.29 is 9.53 Å². The average Bonchev–Trinajstić information content (AvgIpc) is 2.61. The van der Waals surface area contributed by atoms with Gasteiger partial charge in [-0.2, -0.15) is 0 Å². The van der Waals surface area contributed by atoms with E-state index in [9.17, 15) is 4.79 Å². The summed E-state index contributed by atoms with van der Waals surface area (Å²) in [6.07, 6.45) is 5.21. The lowest BCUT2D eigenvalue weighted by Gasteiger charge is -2.26. The van der Waals surface area contributed by atoms with Crippen molar-refractivity contribution in [2.45, 2.75) is 32.9 Å². The largest absolute Gasteiger partial charge is 0.443 e. The van der Waals surface area contributed by atoms with Crippen molar-refractivity contribution in [3.63, 3.8) is 0 Å². The van der Waals surface area contributed by atoms with Crippen LogP contribution < -0.4 is 0 Å². The average molecular weight is 220 g/mol. The van der Waals surface area contributed by atoms with Crippen LogP contribution in [-0.4, -0.2) is 21.6 Å². The van der Waals surface area contributed by atoms with E-state index >= 15 is 0 Å². The normalized spacial score (nSPS) is 14.8. The number of rotatable bonds is 0.